The number of nitro benzene ring substituents is 1. The molecule has 0 fully saturated rings. The Hall–Kier alpha value is -4.95. The molecule has 0 saturated heterocycles. The molecule has 0 aliphatic rings. The van der Waals surface area contributed by atoms with Crippen LogP contribution in [-0.2, 0) is 25.5 Å². The highest BCUT2D eigenvalue weighted by Gasteiger charge is 2.26. The highest BCUT2D eigenvalue weighted by molar-refractivity contribution is 5.81. The van der Waals surface area contributed by atoms with Crippen molar-refractivity contribution in [2.45, 2.75) is 51.7 Å². The Balaban J connectivity index is 1.96. The Kier molecular flexibility index (Phi) is 11.6. The summed E-state index contributed by atoms with van der Waals surface area (Å²) in [6.45, 7) is 4.81. The van der Waals surface area contributed by atoms with Crippen molar-refractivity contribution in [2.75, 3.05) is 13.2 Å². The molecule has 0 aliphatic carbocycles. The first-order valence-electron chi connectivity index (χ1n) is 12.0. The summed E-state index contributed by atoms with van der Waals surface area (Å²) in [5.41, 5.74) is -0.395. The topological polar surface area (TPSA) is 196 Å². The van der Waals surface area contributed by atoms with Gasteiger partial charge < -0.3 is 29.1 Å². The average Bonchev–Trinajstić information content (AvgIpc) is 2.85. The molecule has 15 nitrogen and oxygen atoms in total. The highest BCUT2D eigenvalue weighted by atomic mass is 16.9. The molecule has 1 amide bonds. The maximum atomic E-state index is 12.7. The minimum Gasteiger partial charge on any atom is -0.464 e. The first-order valence-corrected chi connectivity index (χ1v) is 12.0. The number of ether oxygens (including phenoxy) is 4. The van der Waals surface area contributed by atoms with Gasteiger partial charge in [0.05, 0.1) is 18.1 Å². The van der Waals surface area contributed by atoms with Gasteiger partial charge in [-0.15, -0.1) is 10.1 Å². The standard InChI is InChI=1S/C25H29N3O12/c1-25(2,3)40-23(30)26-21(22(29)36-14-4-5-15-37-28(34)35)16-17-6-10-19(11-7-17)38-24(31)39-20-12-8-18(9-13-20)27(32)33/h6-13,21H,4-5,14-16H2,1-3H3,(H,26,30). The maximum absolute atomic E-state index is 12.7. The number of amides is 1. The number of rotatable bonds is 13. The largest absolute Gasteiger partial charge is 0.519 e. The third kappa shape index (κ3) is 12.1. The Bertz CT molecular complexity index is 1180. The normalized spacial score (nSPS) is 11.5. The second-order valence-corrected chi connectivity index (χ2v) is 9.18. The number of alkyl carbamates (subject to hydrolysis) is 1. The van der Waals surface area contributed by atoms with Crippen molar-refractivity contribution in [3.63, 3.8) is 0 Å². The van der Waals surface area contributed by atoms with Crippen LogP contribution in [0.1, 0.15) is 39.2 Å². The van der Waals surface area contributed by atoms with Crippen molar-refractivity contribution in [3.8, 4) is 11.5 Å². The van der Waals surface area contributed by atoms with Gasteiger partial charge in [0.1, 0.15) is 23.1 Å². The van der Waals surface area contributed by atoms with Gasteiger partial charge in [-0.2, -0.15) is 0 Å². The van der Waals surface area contributed by atoms with Crippen molar-refractivity contribution in [2.24, 2.45) is 0 Å². The summed E-state index contributed by atoms with van der Waals surface area (Å²) >= 11 is 0. The van der Waals surface area contributed by atoms with Crippen molar-refractivity contribution in [3.05, 3.63) is 74.3 Å². The molecule has 2 rings (SSSR count). The van der Waals surface area contributed by atoms with E-state index in [4.69, 9.17) is 18.9 Å². The van der Waals surface area contributed by atoms with E-state index in [0.717, 1.165) is 0 Å². The molecule has 1 N–H and O–H groups in total. The van der Waals surface area contributed by atoms with Crippen molar-refractivity contribution in [1.82, 2.24) is 5.32 Å². The van der Waals surface area contributed by atoms with Crippen molar-refractivity contribution >= 4 is 23.9 Å². The fourth-order valence-corrected chi connectivity index (χ4v) is 3.04. The minimum absolute atomic E-state index is 0.00995. The maximum Gasteiger partial charge on any atom is 0.519 e. The van der Waals surface area contributed by atoms with E-state index in [1.165, 1.54) is 36.4 Å². The number of hydrogen-bond donors (Lipinski definition) is 1. The first-order chi connectivity index (χ1) is 18.8. The molecule has 216 valence electrons. The van der Waals surface area contributed by atoms with Gasteiger partial charge in [-0.05, 0) is 63.4 Å². The van der Waals surface area contributed by atoms with Gasteiger partial charge >= 0.3 is 18.2 Å². The van der Waals surface area contributed by atoms with Crippen LogP contribution in [-0.4, -0.2) is 53.1 Å². The molecule has 15 heteroatoms. The third-order valence-electron chi connectivity index (χ3n) is 4.77. The summed E-state index contributed by atoms with van der Waals surface area (Å²) in [5, 5.41) is 22.5. The summed E-state index contributed by atoms with van der Waals surface area (Å²) in [4.78, 5) is 61.5. The summed E-state index contributed by atoms with van der Waals surface area (Å²) < 4.78 is 20.5. The van der Waals surface area contributed by atoms with Gasteiger partial charge in [0.25, 0.3) is 10.8 Å². The van der Waals surface area contributed by atoms with E-state index in [0.29, 0.717) is 12.0 Å². The van der Waals surface area contributed by atoms with Gasteiger partial charge in [0.15, 0.2) is 0 Å². The SMILES string of the molecule is CC(C)(C)OC(=O)NC(Cc1ccc(OC(=O)Oc2ccc([N+](=O)[O-])cc2)cc1)C(=O)OCCCCO[N+](=O)[O-]. The summed E-state index contributed by atoms with van der Waals surface area (Å²) in [7, 11) is 0. The number of esters is 1. The minimum atomic E-state index is -1.12. The summed E-state index contributed by atoms with van der Waals surface area (Å²) in [5.74, 6) is -0.577. The molecule has 0 aromatic heterocycles. The van der Waals surface area contributed by atoms with Crippen LogP contribution in [0.25, 0.3) is 0 Å². The second-order valence-electron chi connectivity index (χ2n) is 9.18. The zero-order valence-corrected chi connectivity index (χ0v) is 22.0. The molecule has 0 heterocycles. The number of hydrogen-bond acceptors (Lipinski definition) is 12. The lowest BCUT2D eigenvalue weighted by Crippen LogP contribution is -2.45. The Morgan fingerprint density at radius 1 is 0.875 bits per heavy atom. The van der Waals surface area contributed by atoms with E-state index in [1.54, 1.807) is 32.9 Å². The fraction of sp³-hybridized carbons (Fsp3) is 0.400. The molecule has 2 aromatic rings. The van der Waals surface area contributed by atoms with Crippen LogP contribution in [0.3, 0.4) is 0 Å². The van der Waals surface area contributed by atoms with Crippen molar-refractivity contribution in [1.29, 1.82) is 0 Å². The van der Waals surface area contributed by atoms with Crippen LogP contribution >= 0.6 is 0 Å². The first kappa shape index (κ1) is 31.3. The molecule has 2 aromatic carbocycles. The zero-order valence-electron chi connectivity index (χ0n) is 22.0. The molecule has 0 saturated carbocycles. The highest BCUT2D eigenvalue weighted by Crippen LogP contribution is 2.19. The molecule has 1 atom stereocenters. The van der Waals surface area contributed by atoms with Crippen LogP contribution in [0, 0.1) is 20.2 Å². The molecule has 0 aliphatic heterocycles. The van der Waals surface area contributed by atoms with E-state index in [9.17, 15) is 34.6 Å². The second kappa shape index (κ2) is 14.8. The number of carbonyl (C=O) groups is 3. The number of unbranched alkanes of at least 4 members (excludes halogenated alkanes) is 1. The quantitative estimate of drug-likeness (QED) is 0.120. The smallest absolute Gasteiger partial charge is 0.464 e. The van der Waals surface area contributed by atoms with Gasteiger partial charge in [-0.1, -0.05) is 12.1 Å². The van der Waals surface area contributed by atoms with Crippen LogP contribution in [0.2, 0.25) is 0 Å². The summed E-state index contributed by atoms with van der Waals surface area (Å²) in [6.07, 6.45) is -1.30. The molecule has 0 spiro atoms. The average molecular weight is 564 g/mol. The van der Waals surface area contributed by atoms with Gasteiger partial charge in [-0.3, -0.25) is 10.1 Å². The molecule has 40 heavy (non-hydrogen) atoms. The lowest BCUT2D eigenvalue weighted by atomic mass is 10.1. The zero-order chi connectivity index (χ0) is 29.7. The number of non-ortho nitro benzene ring substituents is 1. The lowest BCUT2D eigenvalue weighted by molar-refractivity contribution is -0.757. The Morgan fingerprint density at radius 3 is 1.95 bits per heavy atom. The third-order valence-corrected chi connectivity index (χ3v) is 4.77. The molecular weight excluding hydrogens is 534 g/mol. The Labute approximate surface area is 228 Å². The number of nitro groups is 1. The van der Waals surface area contributed by atoms with Crippen LogP contribution in [0.15, 0.2) is 48.5 Å². The van der Waals surface area contributed by atoms with E-state index in [1.807, 2.05) is 0 Å². The van der Waals surface area contributed by atoms with E-state index < -0.39 is 39.9 Å². The molecule has 1 unspecified atom stereocenters. The van der Waals surface area contributed by atoms with E-state index in [-0.39, 0.29) is 43.2 Å². The Morgan fingerprint density at radius 2 is 1.43 bits per heavy atom. The molecule has 0 radical (unpaired) electrons. The number of nitrogens with zero attached hydrogens (tertiary/aromatic N) is 2. The number of carbonyl (C=O) groups excluding carboxylic acids is 3. The van der Waals surface area contributed by atoms with Crippen LogP contribution in [0.4, 0.5) is 15.3 Å². The molecular formula is C25H29N3O12. The fourth-order valence-electron chi connectivity index (χ4n) is 3.04. The van der Waals surface area contributed by atoms with Gasteiger partial charge in [0.2, 0.25) is 0 Å². The number of nitrogens with one attached hydrogen (secondary N) is 1. The van der Waals surface area contributed by atoms with E-state index >= 15 is 0 Å². The van der Waals surface area contributed by atoms with Crippen LogP contribution < -0.4 is 14.8 Å². The van der Waals surface area contributed by atoms with E-state index in [2.05, 4.69) is 10.2 Å². The van der Waals surface area contributed by atoms with Crippen LogP contribution in [0.5, 0.6) is 11.5 Å². The van der Waals surface area contributed by atoms with Crippen molar-refractivity contribution < 1.29 is 48.2 Å². The predicted octanol–water partition coefficient (Wildman–Crippen LogP) is 4.14. The lowest BCUT2D eigenvalue weighted by Gasteiger charge is -2.23. The molecule has 0 bridgehead atoms. The van der Waals surface area contributed by atoms with Gasteiger partial charge in [-0.25, -0.2) is 14.4 Å². The summed E-state index contributed by atoms with van der Waals surface area (Å²) in [6, 6.07) is 9.73. The predicted molar refractivity (Wildman–Crippen MR) is 136 cm³/mol. The monoisotopic (exact) mass is 563 g/mol. The number of benzene rings is 2. The van der Waals surface area contributed by atoms with Gasteiger partial charge in [0, 0.05) is 18.6 Å².